The lowest BCUT2D eigenvalue weighted by molar-refractivity contribution is -0.160. The first-order chi connectivity index (χ1) is 21.3. The van der Waals surface area contributed by atoms with E-state index in [1.807, 2.05) is 64.4 Å². The summed E-state index contributed by atoms with van der Waals surface area (Å²) in [6.07, 6.45) is 3.87. The van der Waals surface area contributed by atoms with E-state index in [0.29, 0.717) is 43.1 Å². The van der Waals surface area contributed by atoms with Gasteiger partial charge in [-0.3, -0.25) is 10.1 Å². The molecule has 2 heterocycles. The number of benzene rings is 1. The minimum absolute atomic E-state index is 0.271. The monoisotopic (exact) mass is 658 g/mol. The van der Waals surface area contributed by atoms with Crippen LogP contribution in [0.3, 0.4) is 0 Å². The Balaban J connectivity index is 2.11. The molecule has 1 aromatic carbocycles. The third kappa shape index (κ3) is 12.1. The molecule has 0 saturated heterocycles. The van der Waals surface area contributed by atoms with Crippen LogP contribution in [0.5, 0.6) is 0 Å². The second-order valence-electron chi connectivity index (χ2n) is 15.2. The molecular formula is C34H54N4O7Si. The van der Waals surface area contributed by atoms with Gasteiger partial charge in [-0.25, -0.2) is 14.6 Å². The SMILES string of the molecule is COC(=O)Nc1ccc2c(c1)CC(C(=O)OC(C)(C)C)CCCCC(NC(=O)OC(C)(C)C)c1nc-2cn1COCC[Si](C)(C)C. The fourth-order valence-corrected chi connectivity index (χ4v) is 5.91. The number of alkyl carbamates (subject to hydrolysis) is 1. The van der Waals surface area contributed by atoms with Gasteiger partial charge in [0.2, 0.25) is 0 Å². The van der Waals surface area contributed by atoms with Gasteiger partial charge in [0.25, 0.3) is 0 Å². The Kier molecular flexibility index (Phi) is 12.5. The van der Waals surface area contributed by atoms with Crippen LogP contribution in [0.1, 0.15) is 84.7 Å². The van der Waals surface area contributed by atoms with E-state index >= 15 is 0 Å². The molecule has 12 heteroatoms. The Morgan fingerprint density at radius 1 is 0.978 bits per heavy atom. The van der Waals surface area contributed by atoms with Gasteiger partial charge in [-0.15, -0.1) is 0 Å². The number of anilines is 1. The van der Waals surface area contributed by atoms with Gasteiger partial charge in [-0.05, 0) is 84.5 Å². The molecule has 11 nitrogen and oxygen atoms in total. The number of carbonyl (C=O) groups excluding carboxylic acids is 3. The summed E-state index contributed by atoms with van der Waals surface area (Å²) in [5.41, 5.74) is 1.55. The number of methoxy groups -OCH3 is 1. The molecule has 0 fully saturated rings. The maximum absolute atomic E-state index is 13.5. The van der Waals surface area contributed by atoms with Crippen molar-refractivity contribution in [2.75, 3.05) is 19.0 Å². The molecule has 46 heavy (non-hydrogen) atoms. The summed E-state index contributed by atoms with van der Waals surface area (Å²) in [7, 11) is 0.0116. The van der Waals surface area contributed by atoms with E-state index in [9.17, 15) is 14.4 Å². The maximum atomic E-state index is 13.5. The van der Waals surface area contributed by atoms with Crippen molar-refractivity contribution >= 4 is 31.9 Å². The fraction of sp³-hybridized carbons (Fsp3) is 0.647. The minimum Gasteiger partial charge on any atom is -0.460 e. The zero-order chi connectivity index (χ0) is 34.3. The second-order valence-corrected chi connectivity index (χ2v) is 20.8. The van der Waals surface area contributed by atoms with Crippen LogP contribution in [0.15, 0.2) is 24.4 Å². The molecule has 256 valence electrons. The molecule has 0 spiro atoms. The van der Waals surface area contributed by atoms with Crippen LogP contribution in [-0.4, -0.2) is 60.7 Å². The molecule has 2 amide bonds. The van der Waals surface area contributed by atoms with Crippen molar-refractivity contribution < 1.29 is 33.3 Å². The van der Waals surface area contributed by atoms with Gasteiger partial charge in [0, 0.05) is 32.1 Å². The van der Waals surface area contributed by atoms with Crippen LogP contribution in [0, 0.1) is 5.92 Å². The smallest absolute Gasteiger partial charge is 0.411 e. The number of fused-ring (bicyclic) bond motifs is 4. The Labute approximate surface area is 275 Å². The number of nitrogens with one attached hydrogen (secondary N) is 2. The van der Waals surface area contributed by atoms with E-state index in [4.69, 9.17) is 23.9 Å². The van der Waals surface area contributed by atoms with Crippen LogP contribution in [0.25, 0.3) is 11.3 Å². The third-order valence-corrected chi connectivity index (χ3v) is 9.06. The molecule has 2 unspecified atom stereocenters. The van der Waals surface area contributed by atoms with Gasteiger partial charge in [-0.2, -0.15) is 0 Å². The molecule has 0 saturated carbocycles. The summed E-state index contributed by atoms with van der Waals surface area (Å²) in [6.45, 7) is 18.9. The summed E-state index contributed by atoms with van der Waals surface area (Å²) < 4.78 is 24.4. The Bertz CT molecular complexity index is 1350. The number of nitrogens with zero attached hydrogens (tertiary/aromatic N) is 2. The standard InChI is InChI=1S/C34H54N4O7Si/c1-33(2,3)44-30(39)23-13-11-12-14-27(37-32(41)45-34(4,5)6)29-36-28(21-38(29)22-43-17-18-46(8,9)10)26-16-15-25(20-24(26)19-23)35-31(40)42-7/h15-16,20-21,23,27H,11-14,17-19,22H2,1-10H3,(H,35,40)(H,37,41). The van der Waals surface area contributed by atoms with Gasteiger partial charge in [0.05, 0.1) is 24.8 Å². The lowest BCUT2D eigenvalue weighted by Gasteiger charge is -2.26. The van der Waals surface area contributed by atoms with E-state index in [-0.39, 0.29) is 12.7 Å². The number of carbonyl (C=O) groups is 3. The average Bonchev–Trinajstić information content (AvgIpc) is 3.33. The number of esters is 1. The Morgan fingerprint density at radius 2 is 1.65 bits per heavy atom. The molecule has 0 radical (unpaired) electrons. The number of imidazole rings is 1. The predicted molar refractivity (Wildman–Crippen MR) is 181 cm³/mol. The summed E-state index contributed by atoms with van der Waals surface area (Å²) in [5.74, 6) is -0.0253. The van der Waals surface area contributed by atoms with Crippen LogP contribution >= 0.6 is 0 Å². The van der Waals surface area contributed by atoms with Crippen molar-refractivity contribution in [3.8, 4) is 11.3 Å². The number of hydrogen-bond acceptors (Lipinski definition) is 8. The first-order valence-corrected chi connectivity index (χ1v) is 19.9. The van der Waals surface area contributed by atoms with Crippen molar-refractivity contribution in [2.24, 2.45) is 5.92 Å². The van der Waals surface area contributed by atoms with Gasteiger partial charge in [0.1, 0.15) is 23.8 Å². The summed E-state index contributed by atoms with van der Waals surface area (Å²) in [5, 5.41) is 5.79. The molecule has 2 aromatic rings. The fourth-order valence-electron chi connectivity index (χ4n) is 5.15. The van der Waals surface area contributed by atoms with E-state index < -0.39 is 43.4 Å². The number of aromatic nitrogens is 2. The lowest BCUT2D eigenvalue weighted by atomic mass is 9.89. The molecule has 0 aliphatic carbocycles. The van der Waals surface area contributed by atoms with E-state index in [1.54, 1.807) is 6.07 Å². The maximum Gasteiger partial charge on any atom is 0.411 e. The predicted octanol–water partition coefficient (Wildman–Crippen LogP) is 7.68. The van der Waals surface area contributed by atoms with Gasteiger partial charge in [-0.1, -0.05) is 38.5 Å². The highest BCUT2D eigenvalue weighted by Crippen LogP contribution is 2.34. The van der Waals surface area contributed by atoms with E-state index in [0.717, 1.165) is 30.0 Å². The molecule has 2 bridgehead atoms. The van der Waals surface area contributed by atoms with Crippen LogP contribution < -0.4 is 10.6 Å². The topological polar surface area (TPSA) is 130 Å². The minimum atomic E-state index is -1.30. The molecule has 1 aromatic heterocycles. The molecular weight excluding hydrogens is 604 g/mol. The van der Waals surface area contributed by atoms with Crippen molar-refractivity contribution in [1.82, 2.24) is 14.9 Å². The van der Waals surface area contributed by atoms with Gasteiger partial charge >= 0.3 is 18.2 Å². The third-order valence-electron chi connectivity index (χ3n) is 7.35. The lowest BCUT2D eigenvalue weighted by Crippen LogP contribution is -2.36. The summed E-state index contributed by atoms with van der Waals surface area (Å²) >= 11 is 0. The van der Waals surface area contributed by atoms with Crippen LogP contribution in [-0.2, 0) is 36.9 Å². The van der Waals surface area contributed by atoms with Crippen molar-refractivity contribution in [1.29, 1.82) is 0 Å². The number of ether oxygens (including phenoxy) is 4. The number of hydrogen-bond donors (Lipinski definition) is 2. The Morgan fingerprint density at radius 3 is 2.28 bits per heavy atom. The summed E-state index contributed by atoms with van der Waals surface area (Å²) in [4.78, 5) is 43.6. The highest BCUT2D eigenvalue weighted by molar-refractivity contribution is 6.76. The van der Waals surface area contributed by atoms with Crippen LogP contribution in [0.4, 0.5) is 15.3 Å². The van der Waals surface area contributed by atoms with E-state index in [1.165, 1.54) is 7.11 Å². The van der Waals surface area contributed by atoms with Gasteiger partial charge in [0.15, 0.2) is 0 Å². The largest absolute Gasteiger partial charge is 0.460 e. The highest BCUT2D eigenvalue weighted by atomic mass is 28.3. The highest BCUT2D eigenvalue weighted by Gasteiger charge is 2.30. The second kappa shape index (κ2) is 15.5. The van der Waals surface area contributed by atoms with Crippen molar-refractivity contribution in [3.05, 3.63) is 35.8 Å². The molecule has 2 atom stereocenters. The zero-order valence-corrected chi connectivity index (χ0v) is 30.4. The first kappa shape index (κ1) is 37.1. The normalized spacial score (nSPS) is 17.5. The quantitative estimate of drug-likeness (QED) is 0.128. The zero-order valence-electron chi connectivity index (χ0n) is 29.4. The molecule has 1 aliphatic heterocycles. The van der Waals surface area contributed by atoms with Crippen molar-refractivity contribution in [3.63, 3.8) is 0 Å². The molecule has 2 N–H and O–H groups in total. The van der Waals surface area contributed by atoms with Crippen LogP contribution in [0.2, 0.25) is 25.7 Å². The van der Waals surface area contributed by atoms with Gasteiger partial charge < -0.3 is 28.8 Å². The Hall–Kier alpha value is -3.38. The first-order valence-electron chi connectivity index (χ1n) is 16.2. The molecule has 1 aliphatic rings. The molecule has 3 rings (SSSR count). The average molecular weight is 659 g/mol. The number of amides is 2. The van der Waals surface area contributed by atoms with Crippen molar-refractivity contribution in [2.45, 2.75) is 123 Å². The van der Waals surface area contributed by atoms with E-state index in [2.05, 4.69) is 30.3 Å². The summed E-state index contributed by atoms with van der Waals surface area (Å²) in [6, 6.07) is 6.09. The number of rotatable bonds is 8.